The minimum atomic E-state index is 0.466. The van der Waals surface area contributed by atoms with Gasteiger partial charge in [0.25, 0.3) is 0 Å². The van der Waals surface area contributed by atoms with E-state index in [0.717, 1.165) is 6.42 Å². The highest BCUT2D eigenvalue weighted by molar-refractivity contribution is 5.89. The Kier molecular flexibility index (Phi) is 2.28. The summed E-state index contributed by atoms with van der Waals surface area (Å²) in [6.07, 6.45) is 8.24. The van der Waals surface area contributed by atoms with E-state index in [2.05, 4.69) is 43.3 Å². The standard InChI is InChI=1S/C18H15O/c1-12-9-15(14-7-8-19-11-14)18-16(17(12)18)10-13-5-3-2-4-6-13/h2-8,11-12,16H,10H2,1H3. The minimum Gasteiger partial charge on any atom is -0.472 e. The Balaban J connectivity index is 1.57. The van der Waals surface area contributed by atoms with Gasteiger partial charge in [0.15, 0.2) is 0 Å². The fourth-order valence-electron chi connectivity index (χ4n) is 3.22. The number of allylic oxidation sites excluding steroid dienone is 4. The molecule has 2 atom stereocenters. The van der Waals surface area contributed by atoms with Gasteiger partial charge >= 0.3 is 0 Å². The number of benzene rings is 1. The van der Waals surface area contributed by atoms with Crippen LogP contribution in [0.15, 0.2) is 64.5 Å². The fourth-order valence-corrected chi connectivity index (χ4v) is 3.22. The molecule has 1 radical (unpaired) electrons. The average Bonchev–Trinajstić information content (AvgIpc) is 2.80. The highest BCUT2D eigenvalue weighted by atomic mass is 16.3. The lowest BCUT2D eigenvalue weighted by molar-refractivity contribution is 0.566. The van der Waals surface area contributed by atoms with Crippen LogP contribution in [0.4, 0.5) is 0 Å². The number of furan rings is 1. The smallest absolute Gasteiger partial charge is 0.0981 e. The molecule has 2 unspecified atom stereocenters. The number of hydrogen-bond acceptors (Lipinski definition) is 1. The summed E-state index contributed by atoms with van der Waals surface area (Å²) < 4.78 is 5.20. The maximum atomic E-state index is 5.20. The van der Waals surface area contributed by atoms with Crippen LogP contribution in [-0.2, 0) is 6.42 Å². The van der Waals surface area contributed by atoms with Crippen molar-refractivity contribution < 1.29 is 4.42 Å². The van der Waals surface area contributed by atoms with Gasteiger partial charge in [-0.25, -0.2) is 0 Å². The van der Waals surface area contributed by atoms with E-state index in [-0.39, 0.29) is 0 Å². The molecule has 0 aliphatic heterocycles. The van der Waals surface area contributed by atoms with Gasteiger partial charge in [-0.1, -0.05) is 42.8 Å². The van der Waals surface area contributed by atoms with E-state index >= 15 is 0 Å². The number of hydrogen-bond donors (Lipinski definition) is 0. The van der Waals surface area contributed by atoms with Crippen LogP contribution < -0.4 is 0 Å². The Bertz CT molecular complexity index is 659. The van der Waals surface area contributed by atoms with Gasteiger partial charge in [0.1, 0.15) is 0 Å². The second kappa shape index (κ2) is 3.99. The maximum absolute atomic E-state index is 5.20. The van der Waals surface area contributed by atoms with E-state index in [9.17, 15) is 0 Å². The van der Waals surface area contributed by atoms with Crippen LogP contribution in [-0.4, -0.2) is 0 Å². The highest BCUT2D eigenvalue weighted by Gasteiger charge is 2.45. The van der Waals surface area contributed by atoms with Crippen molar-refractivity contribution in [2.75, 3.05) is 0 Å². The van der Waals surface area contributed by atoms with E-state index in [1.165, 1.54) is 22.3 Å². The van der Waals surface area contributed by atoms with Crippen molar-refractivity contribution >= 4 is 5.57 Å². The molecule has 1 heteroatoms. The largest absolute Gasteiger partial charge is 0.472 e. The molecule has 93 valence electrons. The summed E-state index contributed by atoms with van der Waals surface area (Å²) in [5.74, 6) is 1.09. The first-order valence-corrected chi connectivity index (χ1v) is 6.79. The van der Waals surface area contributed by atoms with E-state index in [0.29, 0.717) is 11.8 Å². The highest BCUT2D eigenvalue weighted by Crippen LogP contribution is 2.57. The summed E-state index contributed by atoms with van der Waals surface area (Å²) in [6.45, 7) is 2.24. The molecule has 0 saturated carbocycles. The topological polar surface area (TPSA) is 13.1 Å². The Morgan fingerprint density at radius 1 is 1.16 bits per heavy atom. The van der Waals surface area contributed by atoms with Crippen LogP contribution in [0.5, 0.6) is 0 Å². The first kappa shape index (κ1) is 10.9. The van der Waals surface area contributed by atoms with Crippen molar-refractivity contribution in [1.82, 2.24) is 0 Å². The number of rotatable bonds is 3. The molecule has 19 heavy (non-hydrogen) atoms. The molecule has 4 rings (SSSR count). The molecule has 2 aliphatic rings. The van der Waals surface area contributed by atoms with Gasteiger partial charge in [-0.15, -0.1) is 0 Å². The summed E-state index contributed by atoms with van der Waals surface area (Å²) >= 11 is 0. The summed E-state index contributed by atoms with van der Waals surface area (Å²) in [4.78, 5) is 0. The normalized spacial score (nSPS) is 24.4. The molecule has 1 aromatic heterocycles. The summed E-state index contributed by atoms with van der Waals surface area (Å²) in [6, 6.07) is 12.8. The Hall–Kier alpha value is -2.02. The Morgan fingerprint density at radius 3 is 2.74 bits per heavy atom. The van der Waals surface area contributed by atoms with E-state index in [1.54, 1.807) is 11.8 Å². The van der Waals surface area contributed by atoms with Crippen LogP contribution in [0.3, 0.4) is 0 Å². The summed E-state index contributed by atoms with van der Waals surface area (Å²) in [7, 11) is 0. The predicted octanol–water partition coefficient (Wildman–Crippen LogP) is 4.28. The molecule has 0 amide bonds. The van der Waals surface area contributed by atoms with Gasteiger partial charge < -0.3 is 4.42 Å². The third-order valence-corrected chi connectivity index (χ3v) is 4.14. The molecule has 0 bridgehead atoms. The van der Waals surface area contributed by atoms with Crippen molar-refractivity contribution in [1.29, 1.82) is 0 Å². The van der Waals surface area contributed by atoms with Crippen LogP contribution >= 0.6 is 0 Å². The van der Waals surface area contributed by atoms with E-state index in [1.807, 2.05) is 12.3 Å². The lowest BCUT2D eigenvalue weighted by Crippen LogP contribution is -2.01. The second-order valence-corrected chi connectivity index (χ2v) is 5.36. The third kappa shape index (κ3) is 1.69. The van der Waals surface area contributed by atoms with Gasteiger partial charge in [0.05, 0.1) is 12.5 Å². The molecule has 1 aromatic carbocycles. The van der Waals surface area contributed by atoms with Crippen LogP contribution in [0, 0.1) is 17.9 Å². The van der Waals surface area contributed by atoms with Crippen molar-refractivity contribution in [3.8, 4) is 0 Å². The molecule has 2 aromatic rings. The van der Waals surface area contributed by atoms with Gasteiger partial charge in [0.2, 0.25) is 0 Å². The summed E-state index contributed by atoms with van der Waals surface area (Å²) in [5.41, 5.74) is 6.96. The molecule has 2 aliphatic carbocycles. The fraction of sp³-hybridized carbons (Fsp3) is 0.222. The molecule has 0 fully saturated rings. The molecule has 0 N–H and O–H groups in total. The van der Waals surface area contributed by atoms with E-state index in [4.69, 9.17) is 4.42 Å². The zero-order chi connectivity index (χ0) is 12.8. The first-order valence-electron chi connectivity index (χ1n) is 6.79. The lowest BCUT2D eigenvalue weighted by atomic mass is 9.93. The zero-order valence-electron chi connectivity index (χ0n) is 10.9. The van der Waals surface area contributed by atoms with Crippen molar-refractivity contribution in [3.63, 3.8) is 0 Å². The molecule has 1 heterocycles. The second-order valence-electron chi connectivity index (χ2n) is 5.36. The SMILES string of the molecule is CC1[C]=C(c2ccoc2)C2=C1C2Cc1ccccc1. The molecular formula is C18H15O. The first-order chi connectivity index (χ1) is 9.34. The quantitative estimate of drug-likeness (QED) is 0.788. The average molecular weight is 247 g/mol. The monoisotopic (exact) mass is 247 g/mol. The van der Waals surface area contributed by atoms with Crippen molar-refractivity contribution in [2.45, 2.75) is 13.3 Å². The van der Waals surface area contributed by atoms with Crippen molar-refractivity contribution in [2.24, 2.45) is 11.8 Å². The summed E-state index contributed by atoms with van der Waals surface area (Å²) in [5, 5.41) is 0. The van der Waals surface area contributed by atoms with Crippen LogP contribution in [0.25, 0.3) is 5.57 Å². The molecule has 0 spiro atoms. The molecule has 0 saturated heterocycles. The van der Waals surface area contributed by atoms with Gasteiger partial charge in [-0.3, -0.25) is 0 Å². The Labute approximate surface area is 113 Å². The zero-order valence-corrected chi connectivity index (χ0v) is 10.9. The maximum Gasteiger partial charge on any atom is 0.0981 e. The third-order valence-electron chi connectivity index (χ3n) is 4.14. The Morgan fingerprint density at radius 2 is 2.00 bits per heavy atom. The van der Waals surface area contributed by atoms with Crippen LogP contribution in [0.2, 0.25) is 0 Å². The lowest BCUT2D eigenvalue weighted by Gasteiger charge is -2.10. The van der Waals surface area contributed by atoms with Crippen molar-refractivity contribution in [3.05, 3.63) is 77.3 Å². The van der Waals surface area contributed by atoms with Gasteiger partial charge in [-0.2, -0.15) is 0 Å². The van der Waals surface area contributed by atoms with E-state index < -0.39 is 0 Å². The van der Waals surface area contributed by atoms with Gasteiger partial charge in [-0.05, 0) is 35.3 Å². The molecule has 1 nitrogen and oxygen atoms in total. The van der Waals surface area contributed by atoms with Crippen LogP contribution in [0.1, 0.15) is 18.1 Å². The predicted molar refractivity (Wildman–Crippen MR) is 75.2 cm³/mol. The molecular weight excluding hydrogens is 232 g/mol. The minimum absolute atomic E-state index is 0.466. The van der Waals surface area contributed by atoms with Gasteiger partial charge in [0, 0.05) is 17.4 Å².